The SMILES string of the molecule is C=CCN1C(=O)C(C)(C)COc2ccc(NS(=O)(=O)c3ccc4c(c3)OCCO4)cc21. The van der Waals surface area contributed by atoms with Crippen molar-refractivity contribution in [1.82, 2.24) is 0 Å². The molecule has 2 heterocycles. The summed E-state index contributed by atoms with van der Waals surface area (Å²) in [6.07, 6.45) is 1.62. The monoisotopic (exact) mass is 444 g/mol. The molecule has 1 amide bonds. The van der Waals surface area contributed by atoms with Crippen LogP contribution in [0.2, 0.25) is 0 Å². The van der Waals surface area contributed by atoms with Gasteiger partial charge in [-0.25, -0.2) is 8.42 Å². The van der Waals surface area contributed by atoms with Gasteiger partial charge in [0.05, 0.1) is 21.7 Å². The summed E-state index contributed by atoms with van der Waals surface area (Å²) in [6.45, 7) is 8.62. The van der Waals surface area contributed by atoms with E-state index in [1.165, 1.54) is 12.1 Å². The highest BCUT2D eigenvalue weighted by Crippen LogP contribution is 2.39. The van der Waals surface area contributed by atoms with Gasteiger partial charge in [0.2, 0.25) is 5.91 Å². The summed E-state index contributed by atoms with van der Waals surface area (Å²) in [5.74, 6) is 1.27. The average molecular weight is 445 g/mol. The Labute approximate surface area is 181 Å². The molecule has 0 atom stereocenters. The van der Waals surface area contributed by atoms with E-state index in [4.69, 9.17) is 14.2 Å². The first-order valence-electron chi connectivity index (χ1n) is 9.83. The zero-order valence-electron chi connectivity index (χ0n) is 17.4. The molecule has 9 heteroatoms. The van der Waals surface area contributed by atoms with Crippen molar-refractivity contribution in [2.45, 2.75) is 18.7 Å². The number of anilines is 2. The normalized spacial score (nSPS) is 17.2. The molecule has 0 saturated carbocycles. The Hall–Kier alpha value is -3.20. The Kier molecular flexibility index (Phi) is 5.30. The van der Waals surface area contributed by atoms with Gasteiger partial charge >= 0.3 is 0 Å². The maximum atomic E-state index is 13.0. The second kappa shape index (κ2) is 7.81. The van der Waals surface area contributed by atoms with Crippen molar-refractivity contribution in [2.75, 3.05) is 36.0 Å². The van der Waals surface area contributed by atoms with Crippen LogP contribution < -0.4 is 23.8 Å². The van der Waals surface area contributed by atoms with Gasteiger partial charge in [-0.2, -0.15) is 0 Å². The van der Waals surface area contributed by atoms with Crippen LogP contribution in [0.4, 0.5) is 11.4 Å². The van der Waals surface area contributed by atoms with E-state index in [1.54, 1.807) is 35.2 Å². The van der Waals surface area contributed by atoms with E-state index in [9.17, 15) is 13.2 Å². The van der Waals surface area contributed by atoms with Crippen molar-refractivity contribution in [3.8, 4) is 17.2 Å². The highest BCUT2D eigenvalue weighted by molar-refractivity contribution is 7.92. The third-order valence-electron chi connectivity index (χ3n) is 5.05. The smallest absolute Gasteiger partial charge is 0.262 e. The van der Waals surface area contributed by atoms with E-state index in [1.807, 2.05) is 13.8 Å². The van der Waals surface area contributed by atoms with Gasteiger partial charge in [0.1, 0.15) is 25.6 Å². The fourth-order valence-corrected chi connectivity index (χ4v) is 4.49. The average Bonchev–Trinajstić information content (AvgIpc) is 2.83. The quantitative estimate of drug-likeness (QED) is 0.712. The molecule has 31 heavy (non-hydrogen) atoms. The molecule has 0 saturated heterocycles. The van der Waals surface area contributed by atoms with Gasteiger partial charge in [-0.1, -0.05) is 6.08 Å². The molecule has 164 valence electrons. The number of amides is 1. The lowest BCUT2D eigenvalue weighted by Crippen LogP contribution is -2.42. The first-order valence-corrected chi connectivity index (χ1v) is 11.3. The minimum absolute atomic E-state index is 0.0445. The summed E-state index contributed by atoms with van der Waals surface area (Å²) in [5, 5.41) is 0. The lowest BCUT2D eigenvalue weighted by Gasteiger charge is -2.27. The van der Waals surface area contributed by atoms with Crippen LogP contribution in [-0.4, -0.2) is 40.7 Å². The minimum Gasteiger partial charge on any atom is -0.490 e. The molecule has 0 spiro atoms. The Morgan fingerprint density at radius 1 is 1.06 bits per heavy atom. The van der Waals surface area contributed by atoms with Crippen molar-refractivity contribution in [3.63, 3.8) is 0 Å². The molecule has 8 nitrogen and oxygen atoms in total. The molecule has 0 aromatic heterocycles. The number of rotatable bonds is 5. The number of sulfonamides is 1. The number of nitrogens with zero attached hydrogens (tertiary/aromatic N) is 1. The molecule has 0 unspecified atom stereocenters. The van der Waals surface area contributed by atoms with Crippen LogP contribution in [0.5, 0.6) is 17.2 Å². The van der Waals surface area contributed by atoms with Crippen molar-refractivity contribution in [2.24, 2.45) is 5.41 Å². The van der Waals surface area contributed by atoms with Crippen LogP contribution >= 0.6 is 0 Å². The first-order chi connectivity index (χ1) is 14.7. The molecule has 0 radical (unpaired) electrons. The Bertz CT molecular complexity index is 1140. The fourth-order valence-electron chi connectivity index (χ4n) is 3.42. The number of nitrogens with one attached hydrogen (secondary N) is 1. The summed E-state index contributed by atoms with van der Waals surface area (Å²) in [4.78, 5) is 14.6. The van der Waals surface area contributed by atoms with Gasteiger partial charge in [0, 0.05) is 12.6 Å². The van der Waals surface area contributed by atoms with Crippen LogP contribution in [0.15, 0.2) is 53.9 Å². The summed E-state index contributed by atoms with van der Waals surface area (Å²) < 4.78 is 45.3. The number of carbonyl (C=O) groups is 1. The largest absolute Gasteiger partial charge is 0.490 e. The molecular weight excluding hydrogens is 420 g/mol. The van der Waals surface area contributed by atoms with Crippen LogP contribution in [0.3, 0.4) is 0 Å². The fraction of sp³-hybridized carbons (Fsp3) is 0.318. The summed E-state index contributed by atoms with van der Waals surface area (Å²) >= 11 is 0. The van der Waals surface area contributed by atoms with E-state index in [0.29, 0.717) is 41.8 Å². The number of hydrogen-bond acceptors (Lipinski definition) is 6. The van der Waals surface area contributed by atoms with Crippen molar-refractivity contribution < 1.29 is 27.4 Å². The lowest BCUT2D eigenvalue weighted by atomic mass is 9.93. The molecule has 2 aromatic rings. The second-order valence-electron chi connectivity index (χ2n) is 7.97. The first kappa shape index (κ1) is 21.0. The maximum Gasteiger partial charge on any atom is 0.262 e. The van der Waals surface area contributed by atoms with E-state index in [0.717, 1.165) is 0 Å². The number of fused-ring (bicyclic) bond motifs is 2. The summed E-state index contributed by atoms with van der Waals surface area (Å²) in [6, 6.07) is 9.30. The Balaban J connectivity index is 1.67. The highest BCUT2D eigenvalue weighted by atomic mass is 32.2. The zero-order valence-corrected chi connectivity index (χ0v) is 18.2. The van der Waals surface area contributed by atoms with Gasteiger partial charge in [0.25, 0.3) is 10.0 Å². The van der Waals surface area contributed by atoms with Crippen LogP contribution in [-0.2, 0) is 14.8 Å². The molecule has 0 bridgehead atoms. The van der Waals surface area contributed by atoms with Crippen LogP contribution in [0.25, 0.3) is 0 Å². The maximum absolute atomic E-state index is 13.0. The lowest BCUT2D eigenvalue weighted by molar-refractivity contribution is -0.127. The van der Waals surface area contributed by atoms with Gasteiger partial charge in [0.15, 0.2) is 11.5 Å². The van der Waals surface area contributed by atoms with Crippen molar-refractivity contribution in [3.05, 3.63) is 49.1 Å². The van der Waals surface area contributed by atoms with Crippen LogP contribution in [0.1, 0.15) is 13.8 Å². The van der Waals surface area contributed by atoms with E-state index < -0.39 is 15.4 Å². The molecule has 2 aliphatic rings. The van der Waals surface area contributed by atoms with E-state index >= 15 is 0 Å². The van der Waals surface area contributed by atoms with Gasteiger partial charge in [-0.05, 0) is 44.2 Å². The van der Waals surface area contributed by atoms with Crippen molar-refractivity contribution >= 4 is 27.3 Å². The zero-order chi connectivity index (χ0) is 22.2. The third kappa shape index (κ3) is 4.05. The van der Waals surface area contributed by atoms with E-state index in [-0.39, 0.29) is 24.0 Å². The molecule has 4 rings (SSSR count). The summed E-state index contributed by atoms with van der Waals surface area (Å²) in [5.41, 5.74) is 0.0593. The Morgan fingerprint density at radius 3 is 2.52 bits per heavy atom. The predicted octanol–water partition coefficient (Wildman–Crippen LogP) is 3.20. The van der Waals surface area contributed by atoms with Gasteiger partial charge < -0.3 is 19.1 Å². The van der Waals surface area contributed by atoms with Gasteiger partial charge in [-0.3, -0.25) is 9.52 Å². The molecule has 0 fully saturated rings. The van der Waals surface area contributed by atoms with Gasteiger partial charge in [-0.15, -0.1) is 6.58 Å². The highest BCUT2D eigenvalue weighted by Gasteiger charge is 2.37. The molecule has 2 aliphatic heterocycles. The predicted molar refractivity (Wildman–Crippen MR) is 117 cm³/mol. The molecule has 1 N–H and O–H groups in total. The number of ether oxygens (including phenoxy) is 3. The Morgan fingerprint density at radius 2 is 1.77 bits per heavy atom. The van der Waals surface area contributed by atoms with E-state index in [2.05, 4.69) is 11.3 Å². The number of benzene rings is 2. The molecule has 2 aromatic carbocycles. The summed E-state index contributed by atoms with van der Waals surface area (Å²) in [7, 11) is -3.90. The second-order valence-corrected chi connectivity index (χ2v) is 9.65. The standard InChI is InChI=1S/C22H24N2O6S/c1-4-9-24-17-12-15(5-7-18(17)30-14-22(2,3)21(24)25)23-31(26,27)16-6-8-19-20(13-16)29-11-10-28-19/h4-8,12-13,23H,1,9-11,14H2,2-3H3. The molecule has 0 aliphatic carbocycles. The van der Waals surface area contributed by atoms with Crippen LogP contribution in [0, 0.1) is 5.41 Å². The third-order valence-corrected chi connectivity index (χ3v) is 6.43. The molecular formula is C22H24N2O6S. The number of hydrogen-bond donors (Lipinski definition) is 1. The minimum atomic E-state index is -3.90. The number of carbonyl (C=O) groups excluding carboxylic acids is 1. The topological polar surface area (TPSA) is 94.2 Å². The van der Waals surface area contributed by atoms with Crippen molar-refractivity contribution in [1.29, 1.82) is 0 Å².